The lowest BCUT2D eigenvalue weighted by molar-refractivity contribution is 0.770. The van der Waals surface area contributed by atoms with Crippen molar-refractivity contribution in [3.05, 3.63) is 41.6 Å². The first-order valence-electron chi connectivity index (χ1n) is 7.22. The molecule has 1 heteroatoms. The number of aromatic nitrogens is 1. The number of pyridine rings is 1. The van der Waals surface area contributed by atoms with Crippen molar-refractivity contribution in [2.75, 3.05) is 0 Å². The lowest BCUT2D eigenvalue weighted by Gasteiger charge is -2.09. The Morgan fingerprint density at radius 3 is 2.44 bits per heavy atom. The standard InChI is InChI=1S/C17H23N/c1-3-5-9-14-13-15(10-6-4-2)18-17-12-8-7-11-16(14)17/h7-8,11-13H,3-6,9-10H2,1-2H3. The van der Waals surface area contributed by atoms with E-state index in [1.807, 2.05) is 0 Å². The van der Waals surface area contributed by atoms with Gasteiger partial charge in [0.1, 0.15) is 0 Å². The third-order valence-electron chi connectivity index (χ3n) is 3.44. The molecule has 0 fully saturated rings. The van der Waals surface area contributed by atoms with Crippen LogP contribution >= 0.6 is 0 Å². The Morgan fingerprint density at radius 2 is 1.67 bits per heavy atom. The summed E-state index contributed by atoms with van der Waals surface area (Å²) in [7, 11) is 0. The number of para-hydroxylation sites is 1. The number of nitrogens with zero attached hydrogens (tertiary/aromatic N) is 1. The van der Waals surface area contributed by atoms with Gasteiger partial charge in [0.05, 0.1) is 5.52 Å². The van der Waals surface area contributed by atoms with Crippen LogP contribution in [0.15, 0.2) is 30.3 Å². The van der Waals surface area contributed by atoms with Crippen LogP contribution in [0.2, 0.25) is 0 Å². The van der Waals surface area contributed by atoms with Gasteiger partial charge in [-0.2, -0.15) is 0 Å². The summed E-state index contributed by atoms with van der Waals surface area (Å²) in [5, 5.41) is 1.34. The van der Waals surface area contributed by atoms with E-state index in [9.17, 15) is 0 Å². The molecule has 0 saturated heterocycles. The third-order valence-corrected chi connectivity index (χ3v) is 3.44. The molecular weight excluding hydrogens is 218 g/mol. The van der Waals surface area contributed by atoms with Gasteiger partial charge in [-0.3, -0.25) is 4.98 Å². The van der Waals surface area contributed by atoms with Gasteiger partial charge in [0.2, 0.25) is 0 Å². The molecule has 1 heterocycles. The molecule has 0 unspecified atom stereocenters. The van der Waals surface area contributed by atoms with Gasteiger partial charge in [0.25, 0.3) is 0 Å². The number of hydrogen-bond donors (Lipinski definition) is 0. The second-order valence-corrected chi connectivity index (χ2v) is 5.00. The van der Waals surface area contributed by atoms with E-state index < -0.39 is 0 Å². The Morgan fingerprint density at radius 1 is 0.944 bits per heavy atom. The van der Waals surface area contributed by atoms with Gasteiger partial charge >= 0.3 is 0 Å². The van der Waals surface area contributed by atoms with Crippen LogP contribution in [0.5, 0.6) is 0 Å². The maximum absolute atomic E-state index is 4.78. The van der Waals surface area contributed by atoms with E-state index >= 15 is 0 Å². The maximum Gasteiger partial charge on any atom is 0.0708 e. The van der Waals surface area contributed by atoms with Crippen molar-refractivity contribution in [1.29, 1.82) is 0 Å². The van der Waals surface area contributed by atoms with Crippen LogP contribution in [-0.4, -0.2) is 4.98 Å². The largest absolute Gasteiger partial charge is 0.253 e. The number of unbranched alkanes of at least 4 members (excludes halogenated alkanes) is 2. The number of rotatable bonds is 6. The van der Waals surface area contributed by atoms with Gasteiger partial charge in [-0.25, -0.2) is 0 Å². The topological polar surface area (TPSA) is 12.9 Å². The van der Waals surface area contributed by atoms with Gasteiger partial charge in [-0.1, -0.05) is 44.9 Å². The van der Waals surface area contributed by atoms with Gasteiger partial charge < -0.3 is 0 Å². The van der Waals surface area contributed by atoms with E-state index in [1.54, 1.807) is 0 Å². The molecule has 1 aromatic heterocycles. The number of fused-ring (bicyclic) bond motifs is 1. The second kappa shape index (κ2) is 6.53. The van der Waals surface area contributed by atoms with E-state index in [-0.39, 0.29) is 0 Å². The zero-order chi connectivity index (χ0) is 12.8. The molecule has 0 spiro atoms. The molecule has 0 atom stereocenters. The summed E-state index contributed by atoms with van der Waals surface area (Å²) in [5.74, 6) is 0. The van der Waals surface area contributed by atoms with Crippen molar-refractivity contribution in [3.8, 4) is 0 Å². The molecule has 0 bridgehead atoms. The molecule has 1 nitrogen and oxygen atoms in total. The van der Waals surface area contributed by atoms with Crippen molar-refractivity contribution in [2.45, 2.75) is 52.4 Å². The Balaban J connectivity index is 2.36. The van der Waals surface area contributed by atoms with Crippen molar-refractivity contribution in [2.24, 2.45) is 0 Å². The SMILES string of the molecule is CCCCc1cc(CCCC)c2ccccc2n1. The third kappa shape index (κ3) is 3.10. The van der Waals surface area contributed by atoms with Crippen molar-refractivity contribution >= 4 is 10.9 Å². The summed E-state index contributed by atoms with van der Waals surface area (Å²) in [6.07, 6.45) is 7.28. The minimum atomic E-state index is 1.11. The second-order valence-electron chi connectivity index (χ2n) is 5.00. The molecule has 18 heavy (non-hydrogen) atoms. The fourth-order valence-electron chi connectivity index (χ4n) is 2.37. The lowest BCUT2D eigenvalue weighted by atomic mass is 10.0. The first-order chi connectivity index (χ1) is 8.85. The quantitative estimate of drug-likeness (QED) is 0.699. The molecule has 0 aliphatic rings. The summed E-state index contributed by atoms with van der Waals surface area (Å²) in [6.45, 7) is 4.49. The van der Waals surface area contributed by atoms with Crippen molar-refractivity contribution < 1.29 is 0 Å². The molecule has 0 N–H and O–H groups in total. The fourth-order valence-corrected chi connectivity index (χ4v) is 2.37. The zero-order valence-electron chi connectivity index (χ0n) is 11.6. The molecule has 0 amide bonds. The molecular formula is C17H23N. The molecule has 0 saturated carbocycles. The number of hydrogen-bond acceptors (Lipinski definition) is 1. The maximum atomic E-state index is 4.78. The Hall–Kier alpha value is -1.37. The highest BCUT2D eigenvalue weighted by Crippen LogP contribution is 2.21. The minimum Gasteiger partial charge on any atom is -0.253 e. The Bertz CT molecular complexity index is 502. The number of benzene rings is 1. The molecule has 0 aliphatic heterocycles. The van der Waals surface area contributed by atoms with Crippen LogP contribution < -0.4 is 0 Å². The van der Waals surface area contributed by atoms with Crippen LogP contribution in [0.3, 0.4) is 0 Å². The first-order valence-corrected chi connectivity index (χ1v) is 7.22. The fraction of sp³-hybridized carbons (Fsp3) is 0.471. The van der Waals surface area contributed by atoms with Gasteiger partial charge in [0, 0.05) is 11.1 Å². The first kappa shape index (κ1) is 13.1. The molecule has 0 radical (unpaired) electrons. The van der Waals surface area contributed by atoms with E-state index in [2.05, 4.69) is 44.2 Å². The highest BCUT2D eigenvalue weighted by molar-refractivity contribution is 5.82. The Kier molecular flexibility index (Phi) is 4.74. The Labute approximate surface area is 110 Å². The van der Waals surface area contributed by atoms with Crippen LogP contribution in [0.25, 0.3) is 10.9 Å². The van der Waals surface area contributed by atoms with Crippen molar-refractivity contribution in [3.63, 3.8) is 0 Å². The summed E-state index contributed by atoms with van der Waals surface area (Å²) in [6, 6.07) is 10.9. The normalized spacial score (nSPS) is 11.0. The minimum absolute atomic E-state index is 1.11. The molecule has 0 aliphatic carbocycles. The predicted octanol–water partition coefficient (Wildman–Crippen LogP) is 4.92. The lowest BCUT2D eigenvalue weighted by Crippen LogP contribution is -1.96. The average Bonchev–Trinajstić information content (AvgIpc) is 2.42. The predicted molar refractivity (Wildman–Crippen MR) is 79.0 cm³/mol. The number of aryl methyl sites for hydroxylation is 2. The summed E-state index contributed by atoms with van der Waals surface area (Å²) in [4.78, 5) is 4.78. The highest BCUT2D eigenvalue weighted by atomic mass is 14.7. The highest BCUT2D eigenvalue weighted by Gasteiger charge is 2.05. The molecule has 2 aromatic rings. The van der Waals surface area contributed by atoms with Crippen LogP contribution in [0, 0.1) is 0 Å². The van der Waals surface area contributed by atoms with Crippen LogP contribution in [0.4, 0.5) is 0 Å². The average molecular weight is 241 g/mol. The zero-order valence-corrected chi connectivity index (χ0v) is 11.6. The van der Waals surface area contributed by atoms with Gasteiger partial charge in [-0.15, -0.1) is 0 Å². The van der Waals surface area contributed by atoms with E-state index in [1.165, 1.54) is 48.7 Å². The molecule has 2 rings (SSSR count). The monoisotopic (exact) mass is 241 g/mol. The van der Waals surface area contributed by atoms with E-state index in [0.717, 1.165) is 11.9 Å². The van der Waals surface area contributed by atoms with Crippen LogP contribution in [0.1, 0.15) is 50.8 Å². The van der Waals surface area contributed by atoms with Crippen LogP contribution in [-0.2, 0) is 12.8 Å². The van der Waals surface area contributed by atoms with E-state index in [4.69, 9.17) is 4.98 Å². The van der Waals surface area contributed by atoms with E-state index in [0.29, 0.717) is 0 Å². The van der Waals surface area contributed by atoms with Gasteiger partial charge in [0.15, 0.2) is 0 Å². The van der Waals surface area contributed by atoms with Gasteiger partial charge in [-0.05, 0) is 43.4 Å². The van der Waals surface area contributed by atoms with Crippen molar-refractivity contribution in [1.82, 2.24) is 4.98 Å². The summed E-state index contributed by atoms with van der Waals surface area (Å²) in [5.41, 5.74) is 3.91. The summed E-state index contributed by atoms with van der Waals surface area (Å²) < 4.78 is 0. The molecule has 96 valence electrons. The summed E-state index contributed by atoms with van der Waals surface area (Å²) >= 11 is 0. The smallest absolute Gasteiger partial charge is 0.0708 e. The molecule has 1 aromatic carbocycles.